The highest BCUT2D eigenvalue weighted by Gasteiger charge is 2.30. The van der Waals surface area contributed by atoms with Crippen molar-refractivity contribution in [3.05, 3.63) is 35.9 Å². The third kappa shape index (κ3) is 6.43. The third-order valence-corrected chi connectivity index (χ3v) is 5.83. The topological polar surface area (TPSA) is 79.3 Å². The van der Waals surface area contributed by atoms with Gasteiger partial charge in [-0.1, -0.05) is 18.5 Å². The van der Waals surface area contributed by atoms with Gasteiger partial charge in [0.15, 0.2) is 5.15 Å². The van der Waals surface area contributed by atoms with Gasteiger partial charge < -0.3 is 4.90 Å². The Balaban J connectivity index is 2.14. The zero-order chi connectivity index (χ0) is 21.8. The summed E-state index contributed by atoms with van der Waals surface area (Å²) < 4.78 is 51.0. The molecule has 0 fully saturated rings. The minimum atomic E-state index is -4.38. The van der Waals surface area contributed by atoms with Crippen molar-refractivity contribution in [2.24, 2.45) is 5.92 Å². The molecule has 1 amide bonds. The van der Waals surface area contributed by atoms with Crippen LogP contribution in [0, 0.1) is 5.92 Å². The summed E-state index contributed by atoms with van der Waals surface area (Å²) >= 11 is 6.18. The molecule has 0 aliphatic carbocycles. The van der Waals surface area contributed by atoms with E-state index >= 15 is 0 Å². The van der Waals surface area contributed by atoms with Gasteiger partial charge in [0.25, 0.3) is 0 Å². The lowest BCUT2D eigenvalue weighted by molar-refractivity contribution is -0.904. The maximum absolute atomic E-state index is 12.8. The number of hydrogen-bond donors (Lipinski definition) is 1. The number of alkyl halides is 3. The molecular weight excluding hydrogens is 433 g/mol. The van der Waals surface area contributed by atoms with E-state index in [4.69, 9.17) is 11.6 Å². The van der Waals surface area contributed by atoms with Crippen LogP contribution in [0.15, 0.2) is 30.7 Å². The monoisotopic (exact) mass is 453 g/mol. The molecule has 2 atom stereocenters. The zero-order valence-corrected chi connectivity index (χ0v) is 17.3. The summed E-state index contributed by atoms with van der Waals surface area (Å²) in [6.45, 7) is 3.46. The van der Waals surface area contributed by atoms with Gasteiger partial charge in [0.2, 0.25) is 18.3 Å². The molecule has 0 spiro atoms. The first-order valence-corrected chi connectivity index (χ1v) is 10.6. The predicted octanol–water partition coefficient (Wildman–Crippen LogP) is 2.74. The number of hydrogen-bond acceptors (Lipinski definition) is 4. The summed E-state index contributed by atoms with van der Waals surface area (Å²) in [4.78, 5) is 14.1. The summed E-state index contributed by atoms with van der Waals surface area (Å²) in [6.07, 6.45) is -1.23. The molecule has 29 heavy (non-hydrogen) atoms. The fourth-order valence-electron chi connectivity index (χ4n) is 2.62. The Labute approximate surface area is 173 Å². The van der Waals surface area contributed by atoms with E-state index in [0.717, 1.165) is 4.73 Å². The molecule has 160 valence electrons. The Kier molecular flexibility index (Phi) is 7.64. The number of rotatable bonds is 8. The van der Waals surface area contributed by atoms with E-state index in [-0.39, 0.29) is 17.5 Å². The van der Waals surface area contributed by atoms with Crippen LogP contribution in [-0.4, -0.2) is 49.3 Å². The maximum atomic E-state index is 12.8. The molecular formula is C17H21ClF3N4O3S+. The van der Waals surface area contributed by atoms with Gasteiger partial charge in [0.05, 0.1) is 12.6 Å². The van der Waals surface area contributed by atoms with Crippen molar-refractivity contribution in [1.82, 2.24) is 9.78 Å². The molecule has 2 aromatic rings. The molecule has 0 saturated carbocycles. The molecule has 12 heteroatoms. The molecule has 2 aromatic heterocycles. The van der Waals surface area contributed by atoms with Crippen LogP contribution in [0.3, 0.4) is 0 Å². The van der Waals surface area contributed by atoms with E-state index in [9.17, 15) is 27.4 Å². The van der Waals surface area contributed by atoms with Gasteiger partial charge in [-0.05, 0) is 13.0 Å². The summed E-state index contributed by atoms with van der Waals surface area (Å²) in [5.41, 5.74) is 0.799. The maximum Gasteiger partial charge on any atom is 0.390 e. The van der Waals surface area contributed by atoms with Gasteiger partial charge in [-0.3, -0.25) is 14.2 Å². The van der Waals surface area contributed by atoms with E-state index in [0.29, 0.717) is 11.4 Å². The third-order valence-electron chi connectivity index (χ3n) is 4.03. The van der Waals surface area contributed by atoms with Gasteiger partial charge in [-0.25, -0.2) is 4.68 Å². The van der Waals surface area contributed by atoms with Crippen LogP contribution in [0.2, 0.25) is 5.15 Å². The van der Waals surface area contributed by atoms with Crippen molar-refractivity contribution in [1.29, 1.82) is 0 Å². The first kappa shape index (κ1) is 23.1. The number of aromatic nitrogens is 3. The van der Waals surface area contributed by atoms with E-state index in [1.807, 2.05) is 0 Å². The van der Waals surface area contributed by atoms with E-state index in [1.54, 1.807) is 19.1 Å². The SMILES string of the molecule is CCN(C(=O)C(C)CS(=O)CCC(F)(F)F)c1cn(-c2ccc[n+](O)c2)nc1Cl. The molecule has 0 saturated heterocycles. The Morgan fingerprint density at radius 2 is 2.17 bits per heavy atom. The Morgan fingerprint density at radius 1 is 1.48 bits per heavy atom. The highest BCUT2D eigenvalue weighted by atomic mass is 35.5. The lowest BCUT2D eigenvalue weighted by atomic mass is 10.2. The van der Waals surface area contributed by atoms with Crippen LogP contribution >= 0.6 is 11.6 Å². The number of amides is 1. The van der Waals surface area contributed by atoms with Crippen molar-refractivity contribution in [2.75, 3.05) is 23.0 Å². The number of pyridine rings is 1. The van der Waals surface area contributed by atoms with Gasteiger partial charge in [0.1, 0.15) is 11.4 Å². The van der Waals surface area contributed by atoms with Crippen LogP contribution in [0.1, 0.15) is 20.3 Å². The van der Waals surface area contributed by atoms with Crippen molar-refractivity contribution in [3.63, 3.8) is 0 Å². The summed E-state index contributed by atoms with van der Waals surface area (Å²) in [6, 6.07) is 3.26. The van der Waals surface area contributed by atoms with Crippen LogP contribution < -0.4 is 9.63 Å². The standard InChI is InChI=1S/C17H21ClF3N4O3S/c1-3-24(16(26)12(2)11-29(28)8-6-17(19,20)21)14-10-25(22-15(14)18)13-5-4-7-23(27)9-13/h4-5,7,9-10,12,27H,3,6,8,11H2,1-2H3/q+1. The lowest BCUT2D eigenvalue weighted by Gasteiger charge is -2.23. The molecule has 0 bridgehead atoms. The fourth-order valence-corrected chi connectivity index (χ4v) is 4.18. The number of anilines is 1. The number of nitrogens with zero attached hydrogens (tertiary/aromatic N) is 4. The van der Waals surface area contributed by atoms with Gasteiger partial charge >= 0.3 is 6.18 Å². The molecule has 1 N–H and O–H groups in total. The Bertz CT molecular complexity index is 891. The number of carbonyl (C=O) groups is 1. The van der Waals surface area contributed by atoms with Gasteiger partial charge in [-0.2, -0.15) is 18.3 Å². The predicted molar refractivity (Wildman–Crippen MR) is 102 cm³/mol. The smallest absolute Gasteiger partial charge is 0.308 e. The van der Waals surface area contributed by atoms with Crippen LogP contribution in [-0.2, 0) is 15.6 Å². The molecule has 7 nitrogen and oxygen atoms in total. The Hall–Kier alpha value is -2.14. The van der Waals surface area contributed by atoms with Crippen LogP contribution in [0.4, 0.5) is 18.9 Å². The summed E-state index contributed by atoms with van der Waals surface area (Å²) in [7, 11) is -1.78. The van der Waals surface area contributed by atoms with Gasteiger partial charge in [-0.15, -0.1) is 0 Å². The first-order valence-electron chi connectivity index (χ1n) is 8.71. The Morgan fingerprint density at radius 3 is 2.76 bits per heavy atom. The lowest BCUT2D eigenvalue weighted by Crippen LogP contribution is -2.37. The highest BCUT2D eigenvalue weighted by molar-refractivity contribution is 7.85. The second-order valence-corrected chi connectivity index (χ2v) is 8.33. The average molecular weight is 454 g/mol. The molecule has 2 unspecified atom stereocenters. The molecule has 0 aliphatic rings. The highest BCUT2D eigenvalue weighted by Crippen LogP contribution is 2.27. The zero-order valence-electron chi connectivity index (χ0n) is 15.8. The summed E-state index contributed by atoms with van der Waals surface area (Å²) in [5.74, 6) is -1.90. The average Bonchev–Trinajstić information content (AvgIpc) is 3.01. The first-order chi connectivity index (χ1) is 13.5. The second-order valence-electron chi connectivity index (χ2n) is 6.35. The minimum Gasteiger partial charge on any atom is -0.308 e. The van der Waals surface area contributed by atoms with Gasteiger partial charge in [0, 0.05) is 45.6 Å². The van der Waals surface area contributed by atoms with Crippen LogP contribution in [0.5, 0.6) is 0 Å². The quantitative estimate of drug-likeness (QED) is 0.492. The molecule has 2 rings (SSSR count). The number of carbonyl (C=O) groups excluding carboxylic acids is 1. The summed E-state index contributed by atoms with van der Waals surface area (Å²) in [5, 5.41) is 13.7. The van der Waals surface area contributed by atoms with E-state index < -0.39 is 41.0 Å². The molecule has 0 radical (unpaired) electrons. The van der Waals surface area contributed by atoms with E-state index in [2.05, 4.69) is 5.10 Å². The molecule has 0 aliphatic heterocycles. The van der Waals surface area contributed by atoms with Crippen molar-refractivity contribution in [3.8, 4) is 5.69 Å². The van der Waals surface area contributed by atoms with Crippen molar-refractivity contribution in [2.45, 2.75) is 26.4 Å². The molecule has 2 heterocycles. The van der Waals surface area contributed by atoms with Crippen molar-refractivity contribution >= 4 is 34.0 Å². The van der Waals surface area contributed by atoms with E-state index in [1.165, 1.54) is 35.1 Å². The fraction of sp³-hybridized carbons (Fsp3) is 0.471. The normalized spacial score (nSPS) is 13.9. The number of halogens is 4. The minimum absolute atomic E-state index is 0.0407. The van der Waals surface area contributed by atoms with Crippen molar-refractivity contribution < 1.29 is 32.1 Å². The largest absolute Gasteiger partial charge is 0.390 e. The molecule has 0 aromatic carbocycles. The second kappa shape index (κ2) is 9.57. The van der Waals surface area contributed by atoms with Crippen LogP contribution in [0.25, 0.3) is 5.69 Å².